The van der Waals surface area contributed by atoms with Crippen LogP contribution in [0.25, 0.3) is 0 Å². The predicted octanol–water partition coefficient (Wildman–Crippen LogP) is 4.50. The molecule has 2 rings (SSSR count). The lowest BCUT2D eigenvalue weighted by molar-refractivity contribution is -0.137. The summed E-state index contributed by atoms with van der Waals surface area (Å²) in [5, 5.41) is 6.60. The molecule has 1 heterocycles. The number of benzene rings is 1. The maximum atomic E-state index is 12.6. The summed E-state index contributed by atoms with van der Waals surface area (Å²) in [5.41, 5.74) is 0.121. The number of hydrogen-bond donors (Lipinski definition) is 2. The molecule has 0 radical (unpaired) electrons. The molecule has 8 heteroatoms. The van der Waals surface area contributed by atoms with Gasteiger partial charge in [-0.05, 0) is 63.8 Å². The highest BCUT2D eigenvalue weighted by atomic mass is 127. The average Bonchev–Trinajstić information content (AvgIpc) is 2.64. The normalized spacial score (nSPS) is 18.7. The van der Waals surface area contributed by atoms with Crippen LogP contribution in [-0.4, -0.2) is 43.1 Å². The van der Waals surface area contributed by atoms with Crippen LogP contribution in [0.1, 0.15) is 44.7 Å². The van der Waals surface area contributed by atoms with E-state index in [9.17, 15) is 13.2 Å². The van der Waals surface area contributed by atoms with Crippen molar-refractivity contribution in [3.63, 3.8) is 0 Å². The molecule has 0 aliphatic carbocycles. The van der Waals surface area contributed by atoms with Gasteiger partial charge in [0.15, 0.2) is 5.96 Å². The van der Waals surface area contributed by atoms with Crippen molar-refractivity contribution in [2.24, 2.45) is 10.9 Å². The number of hydrogen-bond acceptors (Lipinski definition) is 2. The van der Waals surface area contributed by atoms with Crippen molar-refractivity contribution in [3.8, 4) is 0 Å². The number of nitrogens with zero attached hydrogens (tertiary/aromatic N) is 2. The molecule has 1 aliphatic heterocycles. The third-order valence-electron chi connectivity index (χ3n) is 4.88. The summed E-state index contributed by atoms with van der Waals surface area (Å²) < 4.78 is 37.9. The van der Waals surface area contributed by atoms with Crippen LogP contribution in [0.2, 0.25) is 0 Å². The van der Waals surface area contributed by atoms with Crippen LogP contribution < -0.4 is 10.6 Å². The second kappa shape index (κ2) is 11.8. The first-order valence-electron chi connectivity index (χ1n) is 9.72. The highest BCUT2D eigenvalue weighted by Crippen LogP contribution is 2.29. The van der Waals surface area contributed by atoms with E-state index < -0.39 is 11.7 Å². The Morgan fingerprint density at radius 2 is 1.89 bits per heavy atom. The largest absolute Gasteiger partial charge is 0.416 e. The molecule has 0 aromatic heterocycles. The Morgan fingerprint density at radius 3 is 2.46 bits per heavy atom. The smallest absolute Gasteiger partial charge is 0.357 e. The second-order valence-electron chi connectivity index (χ2n) is 7.37. The van der Waals surface area contributed by atoms with Crippen LogP contribution >= 0.6 is 24.0 Å². The maximum Gasteiger partial charge on any atom is 0.416 e. The number of halogens is 4. The molecular weight excluding hydrogens is 480 g/mol. The molecule has 1 aromatic carbocycles. The van der Waals surface area contributed by atoms with Crippen LogP contribution in [0.3, 0.4) is 0 Å². The van der Waals surface area contributed by atoms with Crippen molar-refractivity contribution in [2.75, 3.05) is 26.2 Å². The van der Waals surface area contributed by atoms with Gasteiger partial charge in [-0.15, -0.1) is 24.0 Å². The quantitative estimate of drug-likeness (QED) is 0.335. The van der Waals surface area contributed by atoms with Crippen molar-refractivity contribution >= 4 is 29.9 Å². The monoisotopic (exact) mass is 512 g/mol. The zero-order valence-electron chi connectivity index (χ0n) is 16.9. The number of piperidine rings is 1. The molecular formula is C20H32F3IN4. The molecule has 160 valence electrons. The van der Waals surface area contributed by atoms with Crippen molar-refractivity contribution < 1.29 is 13.2 Å². The summed E-state index contributed by atoms with van der Waals surface area (Å²) in [7, 11) is 0. The first-order chi connectivity index (χ1) is 12.8. The predicted molar refractivity (Wildman–Crippen MR) is 119 cm³/mol. The van der Waals surface area contributed by atoms with Crippen LogP contribution in [-0.2, 0) is 12.7 Å². The average molecular weight is 512 g/mol. The summed E-state index contributed by atoms with van der Waals surface area (Å²) in [4.78, 5) is 7.02. The van der Waals surface area contributed by atoms with Crippen LogP contribution in [0.15, 0.2) is 29.3 Å². The van der Waals surface area contributed by atoms with E-state index in [0.29, 0.717) is 24.5 Å². The van der Waals surface area contributed by atoms with Crippen molar-refractivity contribution in [1.82, 2.24) is 15.5 Å². The van der Waals surface area contributed by atoms with Gasteiger partial charge in [0.25, 0.3) is 0 Å². The molecule has 1 unspecified atom stereocenters. The SMILES string of the molecule is CCNC(=NCc1ccc(C(F)(F)F)cc1)NCC1CCCN(C(C)C)C1.I. The Morgan fingerprint density at radius 1 is 1.21 bits per heavy atom. The Hall–Kier alpha value is -1.03. The molecule has 1 atom stereocenters. The van der Waals surface area contributed by atoms with E-state index in [4.69, 9.17) is 0 Å². The molecule has 0 saturated carbocycles. The molecule has 0 amide bonds. The van der Waals surface area contributed by atoms with E-state index in [1.807, 2.05) is 6.92 Å². The number of likely N-dealkylation sites (tertiary alicyclic amines) is 1. The van der Waals surface area contributed by atoms with Crippen molar-refractivity contribution in [1.29, 1.82) is 0 Å². The molecule has 1 fully saturated rings. The second-order valence-corrected chi connectivity index (χ2v) is 7.37. The van der Waals surface area contributed by atoms with Gasteiger partial charge in [-0.25, -0.2) is 4.99 Å². The summed E-state index contributed by atoms with van der Waals surface area (Å²) in [6.07, 6.45) is -1.89. The van der Waals surface area contributed by atoms with Crippen LogP contribution in [0.4, 0.5) is 13.2 Å². The number of aliphatic imine (C=N–C) groups is 1. The van der Waals surface area contributed by atoms with Gasteiger partial charge < -0.3 is 15.5 Å². The van der Waals surface area contributed by atoms with Crippen LogP contribution in [0, 0.1) is 5.92 Å². The number of alkyl halides is 3. The zero-order valence-corrected chi connectivity index (χ0v) is 19.2. The van der Waals surface area contributed by atoms with Gasteiger partial charge in [0.05, 0.1) is 12.1 Å². The first-order valence-corrected chi connectivity index (χ1v) is 9.72. The fourth-order valence-corrected chi connectivity index (χ4v) is 3.29. The maximum absolute atomic E-state index is 12.6. The van der Waals surface area contributed by atoms with E-state index in [1.54, 1.807) is 0 Å². The Labute approximate surface area is 183 Å². The van der Waals surface area contributed by atoms with Gasteiger partial charge in [0, 0.05) is 25.7 Å². The highest BCUT2D eigenvalue weighted by Gasteiger charge is 2.29. The van der Waals surface area contributed by atoms with E-state index in [1.165, 1.54) is 25.0 Å². The lowest BCUT2D eigenvalue weighted by Gasteiger charge is -2.35. The highest BCUT2D eigenvalue weighted by molar-refractivity contribution is 14.0. The lowest BCUT2D eigenvalue weighted by Crippen LogP contribution is -2.46. The van der Waals surface area contributed by atoms with E-state index in [2.05, 4.69) is 34.4 Å². The molecule has 1 saturated heterocycles. The van der Waals surface area contributed by atoms with Gasteiger partial charge >= 0.3 is 6.18 Å². The first kappa shape index (κ1) is 25.0. The lowest BCUT2D eigenvalue weighted by atomic mass is 9.97. The third-order valence-corrected chi connectivity index (χ3v) is 4.88. The minimum atomic E-state index is -4.30. The molecule has 2 N–H and O–H groups in total. The zero-order chi connectivity index (χ0) is 19.9. The fourth-order valence-electron chi connectivity index (χ4n) is 3.29. The van der Waals surface area contributed by atoms with Crippen molar-refractivity contribution in [3.05, 3.63) is 35.4 Å². The van der Waals surface area contributed by atoms with Gasteiger partial charge in [0.2, 0.25) is 0 Å². The Bertz CT molecular complexity index is 602. The summed E-state index contributed by atoms with van der Waals surface area (Å²) >= 11 is 0. The molecule has 0 bridgehead atoms. The molecule has 0 spiro atoms. The molecule has 1 aliphatic rings. The third kappa shape index (κ3) is 8.14. The van der Waals surface area contributed by atoms with Gasteiger partial charge in [0.1, 0.15) is 0 Å². The Kier molecular flexibility index (Phi) is 10.6. The van der Waals surface area contributed by atoms with Gasteiger partial charge in [-0.3, -0.25) is 0 Å². The van der Waals surface area contributed by atoms with E-state index >= 15 is 0 Å². The van der Waals surface area contributed by atoms with Crippen LogP contribution in [0.5, 0.6) is 0 Å². The molecule has 4 nitrogen and oxygen atoms in total. The fraction of sp³-hybridized carbons (Fsp3) is 0.650. The molecule has 28 heavy (non-hydrogen) atoms. The topological polar surface area (TPSA) is 39.7 Å². The molecule has 1 aromatic rings. The number of guanidine groups is 1. The van der Waals surface area contributed by atoms with Crippen molar-refractivity contribution in [2.45, 2.75) is 52.4 Å². The summed E-state index contributed by atoms with van der Waals surface area (Å²) in [6.45, 7) is 10.6. The minimum Gasteiger partial charge on any atom is -0.357 e. The standard InChI is InChI=1S/C20H31F3N4.HI/c1-4-24-19(26-13-17-6-5-11-27(14-17)15(2)3)25-12-16-7-9-18(10-8-16)20(21,22)23;/h7-10,15,17H,4-6,11-14H2,1-3H3,(H2,24,25,26);1H. The van der Waals surface area contributed by atoms with Gasteiger partial charge in [-0.1, -0.05) is 12.1 Å². The van der Waals surface area contributed by atoms with Gasteiger partial charge in [-0.2, -0.15) is 13.2 Å². The number of rotatable bonds is 6. The van der Waals surface area contributed by atoms with E-state index in [-0.39, 0.29) is 24.0 Å². The minimum absolute atomic E-state index is 0. The summed E-state index contributed by atoms with van der Waals surface area (Å²) in [5.74, 6) is 1.29. The summed E-state index contributed by atoms with van der Waals surface area (Å²) in [6, 6.07) is 5.74. The number of nitrogens with one attached hydrogen (secondary N) is 2. The Balaban J connectivity index is 0.00000392. The van der Waals surface area contributed by atoms with E-state index in [0.717, 1.165) is 43.9 Å².